The molecule has 3 aromatic carbocycles. The average Bonchev–Trinajstić information content (AvgIpc) is 2.62. The normalized spacial score (nSPS) is 11.5. The molecule has 1 heterocycles. The molecule has 0 radical (unpaired) electrons. The molecule has 4 aromatic rings. The number of fused-ring (bicyclic) bond motifs is 3. The van der Waals surface area contributed by atoms with Crippen molar-refractivity contribution in [2.45, 2.75) is 20.3 Å². The lowest BCUT2D eigenvalue weighted by molar-refractivity contribution is 0.640. The summed E-state index contributed by atoms with van der Waals surface area (Å²) in [6.07, 6.45) is 1.000. The molecule has 118 valence electrons. The molecule has 0 bridgehead atoms. The molecule has 0 fully saturated rings. The second-order valence-electron chi connectivity index (χ2n) is 6.77. The highest BCUT2D eigenvalue weighted by molar-refractivity contribution is 6.10. The second-order valence-corrected chi connectivity index (χ2v) is 6.77. The number of hydrogen-bond acceptors (Lipinski definition) is 1. The predicted octanol–water partition coefficient (Wildman–Crippen LogP) is 6.25. The Bertz CT molecular complexity index is 1000. The van der Waals surface area contributed by atoms with Gasteiger partial charge in [0.25, 0.3) is 0 Å². The first kappa shape index (κ1) is 14.9. The van der Waals surface area contributed by atoms with E-state index in [1.807, 2.05) is 0 Å². The van der Waals surface area contributed by atoms with E-state index < -0.39 is 0 Å². The van der Waals surface area contributed by atoms with Crippen molar-refractivity contribution < 1.29 is 0 Å². The van der Waals surface area contributed by atoms with Crippen molar-refractivity contribution in [1.82, 2.24) is 4.98 Å². The first-order valence-corrected chi connectivity index (χ1v) is 8.60. The third-order valence-electron chi connectivity index (χ3n) is 4.50. The Morgan fingerprint density at radius 2 is 1.38 bits per heavy atom. The van der Waals surface area contributed by atoms with Gasteiger partial charge in [0.05, 0.1) is 5.52 Å². The molecule has 0 aliphatic carbocycles. The van der Waals surface area contributed by atoms with E-state index in [1.165, 1.54) is 33.0 Å². The summed E-state index contributed by atoms with van der Waals surface area (Å²) in [5, 5.41) is 3.82. The number of nitrogens with zero attached hydrogens (tertiary/aromatic N) is 1. The van der Waals surface area contributed by atoms with Crippen LogP contribution in [0.4, 0.5) is 0 Å². The molecule has 1 aromatic heterocycles. The van der Waals surface area contributed by atoms with Gasteiger partial charge in [-0.1, -0.05) is 86.6 Å². The van der Waals surface area contributed by atoms with E-state index in [2.05, 4.69) is 86.6 Å². The zero-order valence-electron chi connectivity index (χ0n) is 14.2. The molecule has 0 atom stereocenters. The summed E-state index contributed by atoms with van der Waals surface area (Å²) in [7, 11) is 0. The van der Waals surface area contributed by atoms with Crippen molar-refractivity contribution in [3.8, 4) is 11.1 Å². The van der Waals surface area contributed by atoms with Crippen molar-refractivity contribution in [3.63, 3.8) is 0 Å². The Labute approximate surface area is 143 Å². The topological polar surface area (TPSA) is 12.9 Å². The molecule has 4 rings (SSSR count). The quantitative estimate of drug-likeness (QED) is 0.407. The van der Waals surface area contributed by atoms with Gasteiger partial charge in [0, 0.05) is 22.0 Å². The molecule has 0 unspecified atom stereocenters. The molecular formula is C23H21N. The van der Waals surface area contributed by atoms with Gasteiger partial charge in [-0.05, 0) is 23.3 Å². The van der Waals surface area contributed by atoms with Crippen LogP contribution in [0.15, 0.2) is 72.8 Å². The van der Waals surface area contributed by atoms with Gasteiger partial charge >= 0.3 is 0 Å². The molecule has 24 heavy (non-hydrogen) atoms. The fourth-order valence-corrected chi connectivity index (χ4v) is 3.44. The van der Waals surface area contributed by atoms with Gasteiger partial charge in [0.1, 0.15) is 0 Å². The van der Waals surface area contributed by atoms with Crippen LogP contribution in [0.3, 0.4) is 0 Å². The van der Waals surface area contributed by atoms with Gasteiger partial charge in [-0.15, -0.1) is 0 Å². The summed E-state index contributed by atoms with van der Waals surface area (Å²) in [6, 6.07) is 25.7. The smallest absolute Gasteiger partial charge is 0.0790 e. The van der Waals surface area contributed by atoms with Crippen LogP contribution in [0.1, 0.15) is 19.5 Å². The van der Waals surface area contributed by atoms with E-state index in [9.17, 15) is 0 Å². The Balaban J connectivity index is 2.09. The van der Waals surface area contributed by atoms with Crippen LogP contribution in [-0.2, 0) is 6.42 Å². The van der Waals surface area contributed by atoms with Crippen LogP contribution in [0, 0.1) is 5.92 Å². The summed E-state index contributed by atoms with van der Waals surface area (Å²) >= 11 is 0. The minimum Gasteiger partial charge on any atom is -0.252 e. The standard InChI is InChI=1S/C23H21N/c1-16(2)15-22-20-12-7-6-11-19(20)21-14-8-13-18(23(21)24-22)17-9-4-3-5-10-17/h3-14,16H,15H2,1-2H3. The number of rotatable bonds is 3. The van der Waals surface area contributed by atoms with E-state index in [1.54, 1.807) is 0 Å². The van der Waals surface area contributed by atoms with E-state index in [0.29, 0.717) is 5.92 Å². The maximum absolute atomic E-state index is 5.12. The lowest BCUT2D eigenvalue weighted by Crippen LogP contribution is -2.00. The van der Waals surface area contributed by atoms with E-state index in [4.69, 9.17) is 4.98 Å². The minimum absolute atomic E-state index is 0.585. The van der Waals surface area contributed by atoms with Crippen LogP contribution >= 0.6 is 0 Å². The molecule has 0 aliphatic heterocycles. The molecular weight excluding hydrogens is 290 g/mol. The Morgan fingerprint density at radius 1 is 0.708 bits per heavy atom. The third kappa shape index (κ3) is 2.56. The van der Waals surface area contributed by atoms with E-state index in [0.717, 1.165) is 11.9 Å². The molecule has 1 nitrogen and oxygen atoms in total. The highest BCUT2D eigenvalue weighted by Crippen LogP contribution is 2.33. The predicted molar refractivity (Wildman–Crippen MR) is 103 cm³/mol. The number of pyridine rings is 1. The summed E-state index contributed by atoms with van der Waals surface area (Å²) in [6.45, 7) is 4.51. The van der Waals surface area contributed by atoms with Crippen molar-refractivity contribution in [3.05, 3.63) is 78.5 Å². The first-order chi connectivity index (χ1) is 11.7. The second kappa shape index (κ2) is 6.09. The van der Waals surface area contributed by atoms with Crippen molar-refractivity contribution in [2.24, 2.45) is 5.92 Å². The fraction of sp³-hybridized carbons (Fsp3) is 0.174. The molecule has 0 saturated heterocycles. The minimum atomic E-state index is 0.585. The highest BCUT2D eigenvalue weighted by Gasteiger charge is 2.12. The summed E-state index contributed by atoms with van der Waals surface area (Å²) < 4.78 is 0. The van der Waals surface area contributed by atoms with Crippen LogP contribution in [0.5, 0.6) is 0 Å². The summed E-state index contributed by atoms with van der Waals surface area (Å²) in [5.74, 6) is 0.585. The Morgan fingerprint density at radius 3 is 2.12 bits per heavy atom. The molecule has 0 N–H and O–H groups in total. The van der Waals surface area contributed by atoms with Gasteiger partial charge < -0.3 is 0 Å². The highest BCUT2D eigenvalue weighted by atomic mass is 14.7. The summed E-state index contributed by atoms with van der Waals surface area (Å²) in [4.78, 5) is 5.12. The third-order valence-corrected chi connectivity index (χ3v) is 4.50. The van der Waals surface area contributed by atoms with Gasteiger partial charge in [0.15, 0.2) is 0 Å². The number of hydrogen-bond donors (Lipinski definition) is 0. The summed E-state index contributed by atoms with van der Waals surface area (Å²) in [5.41, 5.74) is 4.75. The maximum Gasteiger partial charge on any atom is 0.0790 e. The lowest BCUT2D eigenvalue weighted by atomic mass is 9.95. The van der Waals surface area contributed by atoms with Crippen LogP contribution in [0.2, 0.25) is 0 Å². The Hall–Kier alpha value is -2.67. The monoisotopic (exact) mass is 311 g/mol. The van der Waals surface area contributed by atoms with Gasteiger partial charge in [-0.2, -0.15) is 0 Å². The Kier molecular flexibility index (Phi) is 3.78. The van der Waals surface area contributed by atoms with Gasteiger partial charge in [-0.3, -0.25) is 4.98 Å². The van der Waals surface area contributed by atoms with Gasteiger partial charge in [0.2, 0.25) is 0 Å². The molecule has 0 aliphatic rings. The first-order valence-electron chi connectivity index (χ1n) is 8.60. The zero-order chi connectivity index (χ0) is 16.5. The molecule has 1 heteroatoms. The maximum atomic E-state index is 5.12. The fourth-order valence-electron chi connectivity index (χ4n) is 3.44. The zero-order valence-corrected chi connectivity index (χ0v) is 14.2. The molecule has 0 spiro atoms. The van der Waals surface area contributed by atoms with Crippen LogP contribution < -0.4 is 0 Å². The van der Waals surface area contributed by atoms with Crippen molar-refractivity contribution >= 4 is 21.7 Å². The lowest BCUT2D eigenvalue weighted by Gasteiger charge is -2.14. The average molecular weight is 311 g/mol. The number of para-hydroxylation sites is 1. The number of benzene rings is 3. The molecule has 0 saturated carbocycles. The molecule has 0 amide bonds. The van der Waals surface area contributed by atoms with Crippen molar-refractivity contribution in [2.75, 3.05) is 0 Å². The SMILES string of the molecule is CC(C)Cc1nc2c(-c3ccccc3)cccc2c2ccccc12. The van der Waals surface area contributed by atoms with E-state index in [-0.39, 0.29) is 0 Å². The van der Waals surface area contributed by atoms with Crippen LogP contribution in [0.25, 0.3) is 32.8 Å². The van der Waals surface area contributed by atoms with Crippen LogP contribution in [-0.4, -0.2) is 4.98 Å². The largest absolute Gasteiger partial charge is 0.252 e. The van der Waals surface area contributed by atoms with Gasteiger partial charge in [-0.25, -0.2) is 0 Å². The number of aromatic nitrogens is 1. The van der Waals surface area contributed by atoms with E-state index >= 15 is 0 Å². The van der Waals surface area contributed by atoms with Crippen molar-refractivity contribution in [1.29, 1.82) is 0 Å².